The predicted octanol–water partition coefficient (Wildman–Crippen LogP) is 1.97. The third-order valence-electron chi connectivity index (χ3n) is 3.11. The molecule has 3 N–H and O–H groups in total. The first-order valence-corrected chi connectivity index (χ1v) is 7.87. The molecule has 1 rings (SSSR count). The van der Waals surface area contributed by atoms with Crippen LogP contribution in [-0.2, 0) is 17.3 Å². The summed E-state index contributed by atoms with van der Waals surface area (Å²) in [5.74, 6) is 1.42. The van der Waals surface area contributed by atoms with Gasteiger partial charge in [0, 0.05) is 23.1 Å². The summed E-state index contributed by atoms with van der Waals surface area (Å²) in [7, 11) is -0.962. The van der Waals surface area contributed by atoms with Crippen LogP contribution in [0.1, 0.15) is 37.5 Å². The zero-order valence-corrected chi connectivity index (χ0v) is 12.0. The van der Waals surface area contributed by atoms with E-state index in [1.807, 2.05) is 24.3 Å². The molecule has 0 saturated heterocycles. The number of aliphatic hydroxyl groups is 1. The molecule has 0 aliphatic rings. The van der Waals surface area contributed by atoms with Crippen molar-refractivity contribution in [1.29, 1.82) is 0 Å². The lowest BCUT2D eigenvalue weighted by Crippen LogP contribution is -2.15. The molecule has 1 aromatic rings. The molecule has 0 radical (unpaired) electrons. The molecule has 0 bridgehead atoms. The lowest BCUT2D eigenvalue weighted by Gasteiger charge is -2.13. The largest absolute Gasteiger partial charge is 0.387 e. The third kappa shape index (κ3) is 4.88. The van der Waals surface area contributed by atoms with Gasteiger partial charge in [0.25, 0.3) is 0 Å². The highest BCUT2D eigenvalue weighted by Crippen LogP contribution is 2.16. The summed E-state index contributed by atoms with van der Waals surface area (Å²) in [4.78, 5) is 0. The van der Waals surface area contributed by atoms with E-state index in [0.29, 0.717) is 24.0 Å². The van der Waals surface area contributed by atoms with E-state index in [1.165, 1.54) is 0 Å². The van der Waals surface area contributed by atoms with Crippen molar-refractivity contribution >= 4 is 10.8 Å². The van der Waals surface area contributed by atoms with Crippen molar-refractivity contribution in [2.45, 2.75) is 32.9 Å². The molecule has 0 aliphatic heterocycles. The Morgan fingerprint density at radius 3 is 2.39 bits per heavy atom. The van der Waals surface area contributed by atoms with E-state index in [9.17, 15) is 9.32 Å². The Morgan fingerprint density at radius 2 is 1.89 bits per heavy atom. The molecule has 3 atom stereocenters. The van der Waals surface area contributed by atoms with Crippen molar-refractivity contribution in [2.24, 2.45) is 11.7 Å². The van der Waals surface area contributed by atoms with Crippen LogP contribution < -0.4 is 5.73 Å². The average Bonchev–Trinajstić information content (AvgIpc) is 2.38. The van der Waals surface area contributed by atoms with Crippen molar-refractivity contribution in [3.8, 4) is 0 Å². The lowest BCUT2D eigenvalue weighted by molar-refractivity contribution is 0.203. The maximum Gasteiger partial charge on any atom is 0.0905 e. The Labute approximate surface area is 112 Å². The molecule has 102 valence electrons. The number of hydrogen-bond acceptors (Lipinski definition) is 3. The predicted molar refractivity (Wildman–Crippen MR) is 76.6 cm³/mol. The minimum Gasteiger partial charge on any atom is -0.387 e. The second kappa shape index (κ2) is 7.67. The second-order valence-electron chi connectivity index (χ2n) is 4.75. The van der Waals surface area contributed by atoms with E-state index in [1.54, 1.807) is 0 Å². The Morgan fingerprint density at radius 1 is 1.28 bits per heavy atom. The van der Waals surface area contributed by atoms with Gasteiger partial charge in [-0.25, -0.2) is 0 Å². The summed E-state index contributed by atoms with van der Waals surface area (Å²) in [6.45, 7) is 4.67. The molecule has 0 amide bonds. The van der Waals surface area contributed by atoms with Crippen LogP contribution in [0.4, 0.5) is 0 Å². The van der Waals surface area contributed by atoms with Crippen molar-refractivity contribution in [2.75, 3.05) is 11.5 Å². The lowest BCUT2D eigenvalue weighted by atomic mass is 10.1. The van der Waals surface area contributed by atoms with Gasteiger partial charge in [-0.15, -0.1) is 0 Å². The van der Waals surface area contributed by atoms with Crippen LogP contribution in [0.15, 0.2) is 24.3 Å². The van der Waals surface area contributed by atoms with Crippen LogP contribution in [0.25, 0.3) is 0 Å². The normalized spacial score (nSPS) is 16.2. The molecule has 18 heavy (non-hydrogen) atoms. The first kappa shape index (κ1) is 15.3. The molecular formula is C14H23NO2S. The summed E-state index contributed by atoms with van der Waals surface area (Å²) in [5, 5.41) is 10.0. The number of nitrogens with two attached hydrogens (primary N) is 1. The number of rotatable bonds is 7. The average molecular weight is 269 g/mol. The topological polar surface area (TPSA) is 63.3 Å². The van der Waals surface area contributed by atoms with Gasteiger partial charge in [-0.2, -0.15) is 0 Å². The SMILES string of the molecule is CCC(C)CS(=O)CC(O)c1ccc(CN)cc1. The van der Waals surface area contributed by atoms with E-state index in [4.69, 9.17) is 5.73 Å². The fraction of sp³-hybridized carbons (Fsp3) is 0.571. The highest BCUT2D eigenvalue weighted by Gasteiger charge is 2.13. The fourth-order valence-corrected chi connectivity index (χ4v) is 3.20. The Balaban J connectivity index is 2.53. The molecule has 4 heteroatoms. The Hall–Kier alpha value is -0.710. The summed E-state index contributed by atoms with van der Waals surface area (Å²) in [6.07, 6.45) is 0.370. The van der Waals surface area contributed by atoms with Crippen LogP contribution >= 0.6 is 0 Å². The zero-order chi connectivity index (χ0) is 13.5. The van der Waals surface area contributed by atoms with Crippen molar-refractivity contribution in [3.05, 3.63) is 35.4 Å². The summed E-state index contributed by atoms with van der Waals surface area (Å²) < 4.78 is 11.9. The van der Waals surface area contributed by atoms with Crippen LogP contribution in [0.3, 0.4) is 0 Å². The highest BCUT2D eigenvalue weighted by atomic mass is 32.2. The third-order valence-corrected chi connectivity index (χ3v) is 4.74. The minimum atomic E-state index is -0.962. The molecular weight excluding hydrogens is 246 g/mol. The summed E-state index contributed by atoms with van der Waals surface area (Å²) >= 11 is 0. The van der Waals surface area contributed by atoms with Crippen molar-refractivity contribution in [1.82, 2.24) is 0 Å². The smallest absolute Gasteiger partial charge is 0.0905 e. The molecule has 3 unspecified atom stereocenters. The standard InChI is InChI=1S/C14H23NO2S/c1-3-11(2)9-18(17)10-14(16)13-6-4-12(8-15)5-7-13/h4-7,11,14,16H,3,8-10,15H2,1-2H3. The molecule has 0 fully saturated rings. The fourth-order valence-electron chi connectivity index (χ4n) is 1.65. The molecule has 0 aliphatic carbocycles. The maximum absolute atomic E-state index is 11.9. The van der Waals surface area contributed by atoms with E-state index < -0.39 is 16.9 Å². The van der Waals surface area contributed by atoms with E-state index >= 15 is 0 Å². The van der Waals surface area contributed by atoms with Gasteiger partial charge < -0.3 is 10.8 Å². The summed E-state index contributed by atoms with van der Waals surface area (Å²) in [5.41, 5.74) is 7.36. The van der Waals surface area contributed by atoms with Gasteiger partial charge in [0.1, 0.15) is 0 Å². The molecule has 0 saturated carbocycles. The number of benzene rings is 1. The van der Waals surface area contributed by atoms with Crippen LogP contribution in [0.2, 0.25) is 0 Å². The van der Waals surface area contributed by atoms with E-state index in [-0.39, 0.29) is 0 Å². The molecule has 1 aromatic carbocycles. The Bertz CT molecular complexity index is 378. The van der Waals surface area contributed by atoms with Gasteiger partial charge in [-0.3, -0.25) is 4.21 Å². The van der Waals surface area contributed by atoms with Gasteiger partial charge in [-0.1, -0.05) is 44.5 Å². The van der Waals surface area contributed by atoms with Crippen LogP contribution in [0.5, 0.6) is 0 Å². The molecule has 3 nitrogen and oxygen atoms in total. The van der Waals surface area contributed by atoms with Crippen molar-refractivity contribution in [3.63, 3.8) is 0 Å². The van der Waals surface area contributed by atoms with E-state index in [2.05, 4.69) is 13.8 Å². The van der Waals surface area contributed by atoms with E-state index in [0.717, 1.165) is 17.5 Å². The zero-order valence-electron chi connectivity index (χ0n) is 11.1. The number of aliphatic hydroxyl groups excluding tert-OH is 1. The van der Waals surface area contributed by atoms with Gasteiger partial charge in [0.05, 0.1) is 11.9 Å². The van der Waals surface area contributed by atoms with Crippen LogP contribution in [-0.4, -0.2) is 20.8 Å². The van der Waals surface area contributed by atoms with Gasteiger partial charge in [-0.05, 0) is 17.0 Å². The minimum absolute atomic E-state index is 0.312. The number of hydrogen-bond donors (Lipinski definition) is 2. The first-order chi connectivity index (χ1) is 8.56. The van der Waals surface area contributed by atoms with Crippen molar-refractivity contribution < 1.29 is 9.32 Å². The molecule has 0 heterocycles. The molecule has 0 spiro atoms. The highest BCUT2D eigenvalue weighted by molar-refractivity contribution is 7.85. The first-order valence-electron chi connectivity index (χ1n) is 6.38. The summed E-state index contributed by atoms with van der Waals surface area (Å²) in [6, 6.07) is 7.51. The second-order valence-corrected chi connectivity index (χ2v) is 6.29. The Kier molecular flexibility index (Phi) is 6.54. The van der Waals surface area contributed by atoms with Gasteiger partial charge in [0.2, 0.25) is 0 Å². The van der Waals surface area contributed by atoms with Gasteiger partial charge >= 0.3 is 0 Å². The maximum atomic E-state index is 11.9. The molecule has 0 aromatic heterocycles. The van der Waals surface area contributed by atoms with Gasteiger partial charge in [0.15, 0.2) is 0 Å². The monoisotopic (exact) mass is 269 g/mol. The quantitative estimate of drug-likeness (QED) is 0.795. The van der Waals surface area contributed by atoms with Crippen LogP contribution in [0, 0.1) is 5.92 Å².